The Morgan fingerprint density at radius 2 is 2.30 bits per heavy atom. The highest BCUT2D eigenvalue weighted by molar-refractivity contribution is 5.97. The van der Waals surface area contributed by atoms with Gasteiger partial charge in [-0.2, -0.15) is 0 Å². The third kappa shape index (κ3) is 2.66. The largest absolute Gasteiger partial charge is 0.385 e. The average molecular weight is 274 g/mol. The molecule has 0 unspecified atom stereocenters. The smallest absolute Gasteiger partial charge is 0.251 e. The molecule has 108 valence electrons. The zero-order chi connectivity index (χ0) is 13.9. The molecule has 1 fully saturated rings. The average Bonchev–Trinajstić information content (AvgIpc) is 2.44. The topological polar surface area (TPSA) is 50.4 Å². The van der Waals surface area contributed by atoms with E-state index in [2.05, 4.69) is 16.7 Å². The number of ether oxygens (including phenoxy) is 1. The number of benzene rings is 1. The van der Waals surface area contributed by atoms with Crippen LogP contribution in [0.5, 0.6) is 0 Å². The molecule has 0 saturated heterocycles. The highest BCUT2D eigenvalue weighted by Gasteiger charge is 2.31. The molecular weight excluding hydrogens is 252 g/mol. The second-order valence-corrected chi connectivity index (χ2v) is 5.58. The van der Waals surface area contributed by atoms with Gasteiger partial charge in [-0.15, -0.1) is 0 Å². The molecule has 1 aliphatic carbocycles. The van der Waals surface area contributed by atoms with E-state index in [0.717, 1.165) is 55.6 Å². The van der Waals surface area contributed by atoms with Crippen molar-refractivity contribution < 1.29 is 9.53 Å². The van der Waals surface area contributed by atoms with Crippen molar-refractivity contribution in [3.8, 4) is 0 Å². The molecule has 1 aromatic carbocycles. The van der Waals surface area contributed by atoms with Crippen molar-refractivity contribution in [2.75, 3.05) is 18.5 Å². The van der Waals surface area contributed by atoms with Crippen LogP contribution in [0.15, 0.2) is 18.2 Å². The lowest BCUT2D eigenvalue weighted by atomic mass is 9.88. The third-order valence-electron chi connectivity index (χ3n) is 4.17. The highest BCUT2D eigenvalue weighted by Crippen LogP contribution is 2.27. The molecule has 1 saturated carbocycles. The summed E-state index contributed by atoms with van der Waals surface area (Å²) in [4.78, 5) is 12.4. The van der Waals surface area contributed by atoms with Crippen molar-refractivity contribution in [1.29, 1.82) is 0 Å². The van der Waals surface area contributed by atoms with Gasteiger partial charge in [-0.3, -0.25) is 4.79 Å². The van der Waals surface area contributed by atoms with Crippen LogP contribution in [0.2, 0.25) is 0 Å². The molecule has 1 heterocycles. The first-order chi connectivity index (χ1) is 9.78. The van der Waals surface area contributed by atoms with E-state index < -0.39 is 0 Å². The van der Waals surface area contributed by atoms with Gasteiger partial charge in [0.2, 0.25) is 0 Å². The Labute approximate surface area is 119 Å². The number of nitrogens with one attached hydrogen (secondary N) is 2. The zero-order valence-corrected chi connectivity index (χ0v) is 11.9. The van der Waals surface area contributed by atoms with E-state index in [1.165, 1.54) is 0 Å². The van der Waals surface area contributed by atoms with Crippen molar-refractivity contribution in [3.63, 3.8) is 0 Å². The summed E-state index contributed by atoms with van der Waals surface area (Å²) >= 11 is 0. The third-order valence-corrected chi connectivity index (χ3v) is 4.17. The van der Waals surface area contributed by atoms with E-state index in [0.29, 0.717) is 6.10 Å². The molecule has 0 atom stereocenters. The number of carbonyl (C=O) groups excluding carboxylic acids is 1. The SMILES string of the molecule is CCOC1CC(NC(=O)c2cccc3c2CCCN3)C1. The maximum absolute atomic E-state index is 12.4. The summed E-state index contributed by atoms with van der Waals surface area (Å²) in [7, 11) is 0. The van der Waals surface area contributed by atoms with Gasteiger partial charge in [0.15, 0.2) is 0 Å². The Balaban J connectivity index is 1.63. The maximum atomic E-state index is 12.4. The standard InChI is InChI=1S/C16H22N2O2/c1-2-20-12-9-11(10-12)18-16(19)14-5-3-7-15-13(14)6-4-8-17-15/h3,5,7,11-12,17H,2,4,6,8-10H2,1H3,(H,18,19). The van der Waals surface area contributed by atoms with Crippen LogP contribution >= 0.6 is 0 Å². The molecule has 2 aliphatic rings. The molecule has 0 aromatic heterocycles. The first-order valence-electron chi connectivity index (χ1n) is 7.56. The van der Waals surface area contributed by atoms with E-state index in [-0.39, 0.29) is 11.9 Å². The van der Waals surface area contributed by atoms with Gasteiger partial charge in [-0.05, 0) is 50.3 Å². The fraction of sp³-hybridized carbons (Fsp3) is 0.562. The van der Waals surface area contributed by atoms with Crippen LogP contribution in [-0.4, -0.2) is 31.2 Å². The molecule has 1 aliphatic heterocycles. The first-order valence-corrected chi connectivity index (χ1v) is 7.56. The quantitative estimate of drug-likeness (QED) is 0.886. The fourth-order valence-corrected chi connectivity index (χ4v) is 3.04. The molecule has 4 nitrogen and oxygen atoms in total. The number of hydrogen-bond donors (Lipinski definition) is 2. The molecule has 1 aromatic rings. The number of carbonyl (C=O) groups is 1. The lowest BCUT2D eigenvalue weighted by Gasteiger charge is -2.35. The predicted octanol–water partition coefficient (Wildman–Crippen LogP) is 2.34. The lowest BCUT2D eigenvalue weighted by Crippen LogP contribution is -2.48. The van der Waals surface area contributed by atoms with E-state index in [1.54, 1.807) is 0 Å². The van der Waals surface area contributed by atoms with Crippen molar-refractivity contribution in [2.45, 2.75) is 44.8 Å². The molecule has 0 bridgehead atoms. The summed E-state index contributed by atoms with van der Waals surface area (Å²) in [5.74, 6) is 0.0606. The fourth-order valence-electron chi connectivity index (χ4n) is 3.04. The minimum Gasteiger partial charge on any atom is -0.385 e. The highest BCUT2D eigenvalue weighted by atomic mass is 16.5. The van der Waals surface area contributed by atoms with Crippen molar-refractivity contribution >= 4 is 11.6 Å². The summed E-state index contributed by atoms with van der Waals surface area (Å²) in [6, 6.07) is 6.21. The second kappa shape index (κ2) is 5.83. The first kappa shape index (κ1) is 13.4. The van der Waals surface area contributed by atoms with Gasteiger partial charge in [0, 0.05) is 30.4 Å². The maximum Gasteiger partial charge on any atom is 0.251 e. The van der Waals surface area contributed by atoms with Crippen LogP contribution in [0, 0.1) is 0 Å². The van der Waals surface area contributed by atoms with Crippen LogP contribution in [0.1, 0.15) is 42.1 Å². The van der Waals surface area contributed by atoms with Crippen molar-refractivity contribution in [1.82, 2.24) is 5.32 Å². The Morgan fingerprint density at radius 1 is 1.45 bits per heavy atom. The van der Waals surface area contributed by atoms with Crippen LogP contribution in [0.4, 0.5) is 5.69 Å². The summed E-state index contributed by atoms with van der Waals surface area (Å²) in [6.45, 7) is 3.76. The van der Waals surface area contributed by atoms with E-state index in [4.69, 9.17) is 4.74 Å². The molecule has 0 radical (unpaired) electrons. The molecule has 20 heavy (non-hydrogen) atoms. The minimum atomic E-state index is 0.0606. The van der Waals surface area contributed by atoms with Gasteiger partial charge in [0.25, 0.3) is 5.91 Å². The van der Waals surface area contributed by atoms with Crippen LogP contribution in [0.3, 0.4) is 0 Å². The van der Waals surface area contributed by atoms with Gasteiger partial charge in [-0.1, -0.05) is 6.07 Å². The van der Waals surface area contributed by atoms with Gasteiger partial charge < -0.3 is 15.4 Å². The van der Waals surface area contributed by atoms with Crippen LogP contribution in [-0.2, 0) is 11.2 Å². The van der Waals surface area contributed by atoms with Gasteiger partial charge in [-0.25, -0.2) is 0 Å². The van der Waals surface area contributed by atoms with Crippen LogP contribution in [0.25, 0.3) is 0 Å². The Hall–Kier alpha value is -1.55. The Kier molecular flexibility index (Phi) is 3.92. The number of anilines is 1. The predicted molar refractivity (Wildman–Crippen MR) is 79.2 cm³/mol. The second-order valence-electron chi connectivity index (χ2n) is 5.58. The number of hydrogen-bond acceptors (Lipinski definition) is 3. The Bertz CT molecular complexity index is 495. The van der Waals surface area contributed by atoms with Crippen LogP contribution < -0.4 is 10.6 Å². The molecule has 1 amide bonds. The van der Waals surface area contributed by atoms with Crippen molar-refractivity contribution in [3.05, 3.63) is 29.3 Å². The molecule has 0 spiro atoms. The number of rotatable bonds is 4. The molecular formula is C16H22N2O2. The van der Waals surface area contributed by atoms with Gasteiger partial charge >= 0.3 is 0 Å². The lowest BCUT2D eigenvalue weighted by molar-refractivity contribution is -0.00863. The summed E-state index contributed by atoms with van der Waals surface area (Å²) < 4.78 is 5.52. The van der Waals surface area contributed by atoms with Crippen molar-refractivity contribution in [2.24, 2.45) is 0 Å². The normalized spacial score (nSPS) is 24.2. The monoisotopic (exact) mass is 274 g/mol. The molecule has 4 heteroatoms. The van der Waals surface area contributed by atoms with E-state index in [9.17, 15) is 4.79 Å². The van der Waals surface area contributed by atoms with E-state index >= 15 is 0 Å². The summed E-state index contributed by atoms with van der Waals surface area (Å²) in [5.41, 5.74) is 3.11. The number of amides is 1. The summed E-state index contributed by atoms with van der Waals surface area (Å²) in [5, 5.41) is 6.49. The molecule has 3 rings (SSSR count). The zero-order valence-electron chi connectivity index (χ0n) is 11.9. The van der Waals surface area contributed by atoms with E-state index in [1.807, 2.05) is 19.1 Å². The molecule has 2 N–H and O–H groups in total. The minimum absolute atomic E-state index is 0.0606. The van der Waals surface area contributed by atoms with Gasteiger partial charge in [0.05, 0.1) is 6.10 Å². The van der Waals surface area contributed by atoms with Gasteiger partial charge in [0.1, 0.15) is 0 Å². The Morgan fingerprint density at radius 3 is 3.10 bits per heavy atom. The number of fused-ring (bicyclic) bond motifs is 1. The summed E-state index contributed by atoms with van der Waals surface area (Å²) in [6.07, 6.45) is 4.28.